The molecule has 1 unspecified atom stereocenters. The lowest BCUT2D eigenvalue weighted by Crippen LogP contribution is -2.30. The Morgan fingerprint density at radius 2 is 1.80 bits per heavy atom. The van der Waals surface area contributed by atoms with E-state index in [2.05, 4.69) is 52.1 Å². The molecular formula is C22H25NO2. The summed E-state index contributed by atoms with van der Waals surface area (Å²) < 4.78 is 0. The molecule has 2 aliphatic carbocycles. The maximum absolute atomic E-state index is 12.5. The molecular weight excluding hydrogens is 310 g/mol. The molecule has 1 aromatic carbocycles. The molecule has 1 N–H and O–H groups in total. The van der Waals surface area contributed by atoms with Crippen LogP contribution in [0, 0.1) is 5.92 Å². The number of hydrogen-bond acceptors (Lipinski definition) is 2. The lowest BCUT2D eigenvalue weighted by molar-refractivity contribution is -0.112. The smallest absolute Gasteiger partial charge is 0.255 e. The summed E-state index contributed by atoms with van der Waals surface area (Å²) in [6, 6.07) is 6.24. The zero-order valence-electron chi connectivity index (χ0n) is 15.6. The normalized spacial score (nSPS) is 22.8. The van der Waals surface area contributed by atoms with Gasteiger partial charge in [0.2, 0.25) is 0 Å². The first kappa shape index (κ1) is 17.4. The minimum absolute atomic E-state index is 0.0627. The van der Waals surface area contributed by atoms with Crippen LogP contribution in [0.2, 0.25) is 0 Å². The van der Waals surface area contributed by atoms with E-state index in [0.717, 1.165) is 5.69 Å². The topological polar surface area (TPSA) is 46.2 Å². The lowest BCUT2D eigenvalue weighted by Gasteiger charge is -2.32. The Balaban J connectivity index is 1.86. The zero-order chi connectivity index (χ0) is 18.4. The van der Waals surface area contributed by atoms with E-state index >= 15 is 0 Å². The van der Waals surface area contributed by atoms with E-state index in [1.54, 1.807) is 18.2 Å². The fraction of sp³-hybridized carbons (Fsp3) is 0.409. The van der Waals surface area contributed by atoms with Crippen molar-refractivity contribution >= 4 is 17.5 Å². The van der Waals surface area contributed by atoms with E-state index in [0.29, 0.717) is 23.5 Å². The molecule has 3 nitrogen and oxygen atoms in total. The molecule has 0 saturated carbocycles. The monoisotopic (exact) mass is 335 g/mol. The van der Waals surface area contributed by atoms with Gasteiger partial charge in [0.25, 0.3) is 5.91 Å². The molecule has 130 valence electrons. The standard InChI is InChI=1S/C22H25NO2/c1-14-21(2,3)18-11-10-17(12-19(18)22(14,4)5)23-20(25)16-8-6-15(13-24)7-9-16/h6,8-12,14H,7H2,1-5H3,(H,23,25). The highest BCUT2D eigenvalue weighted by Crippen LogP contribution is 2.53. The highest BCUT2D eigenvalue weighted by atomic mass is 16.1. The molecule has 0 saturated heterocycles. The number of fused-ring (bicyclic) bond motifs is 1. The molecule has 0 bridgehead atoms. The van der Waals surface area contributed by atoms with Crippen molar-refractivity contribution in [1.82, 2.24) is 0 Å². The maximum Gasteiger partial charge on any atom is 0.255 e. The van der Waals surface area contributed by atoms with Crippen LogP contribution in [-0.4, -0.2) is 11.8 Å². The molecule has 0 heterocycles. The Morgan fingerprint density at radius 1 is 1.12 bits per heavy atom. The predicted molar refractivity (Wildman–Crippen MR) is 101 cm³/mol. The summed E-state index contributed by atoms with van der Waals surface area (Å²) in [7, 11) is 0. The zero-order valence-corrected chi connectivity index (χ0v) is 15.6. The first-order valence-corrected chi connectivity index (χ1v) is 8.76. The van der Waals surface area contributed by atoms with Crippen LogP contribution in [0.15, 0.2) is 47.6 Å². The van der Waals surface area contributed by atoms with Crippen LogP contribution in [-0.2, 0) is 20.4 Å². The molecule has 0 fully saturated rings. The van der Waals surface area contributed by atoms with Gasteiger partial charge in [-0.05, 0) is 52.2 Å². The fourth-order valence-corrected chi connectivity index (χ4v) is 4.08. The van der Waals surface area contributed by atoms with E-state index in [9.17, 15) is 9.59 Å². The summed E-state index contributed by atoms with van der Waals surface area (Å²) in [4.78, 5) is 23.1. The third-order valence-electron chi connectivity index (χ3n) is 6.23. The van der Waals surface area contributed by atoms with Gasteiger partial charge in [-0.1, -0.05) is 46.8 Å². The van der Waals surface area contributed by atoms with E-state index < -0.39 is 0 Å². The van der Waals surface area contributed by atoms with E-state index in [-0.39, 0.29) is 16.7 Å². The summed E-state index contributed by atoms with van der Waals surface area (Å²) in [5.41, 5.74) is 4.80. The quantitative estimate of drug-likeness (QED) is 0.810. The number of allylic oxidation sites excluding steroid dienone is 3. The molecule has 0 radical (unpaired) electrons. The van der Waals surface area contributed by atoms with Gasteiger partial charge < -0.3 is 5.32 Å². The molecule has 3 rings (SSSR count). The minimum atomic E-state index is -0.149. The van der Waals surface area contributed by atoms with Crippen LogP contribution in [0.1, 0.15) is 52.2 Å². The van der Waals surface area contributed by atoms with Crippen LogP contribution in [0.3, 0.4) is 0 Å². The second-order valence-electron chi connectivity index (χ2n) is 8.20. The number of amides is 1. The second kappa shape index (κ2) is 5.86. The van der Waals surface area contributed by atoms with Gasteiger partial charge in [-0.25, -0.2) is 4.79 Å². The molecule has 0 aliphatic heterocycles. The lowest BCUT2D eigenvalue weighted by atomic mass is 9.71. The van der Waals surface area contributed by atoms with Crippen molar-refractivity contribution in [3.8, 4) is 0 Å². The molecule has 3 heteroatoms. The Hall–Kier alpha value is -2.38. The third-order valence-corrected chi connectivity index (χ3v) is 6.23. The van der Waals surface area contributed by atoms with E-state index in [4.69, 9.17) is 0 Å². The number of benzene rings is 1. The molecule has 2 aliphatic rings. The van der Waals surface area contributed by atoms with Gasteiger partial charge in [0.15, 0.2) is 0 Å². The molecule has 1 amide bonds. The SMILES string of the molecule is CC1C(C)(C)c2ccc(NC(=O)C3=CCC(=C=O)C=C3)cc2C1(C)C. The van der Waals surface area contributed by atoms with Crippen molar-refractivity contribution in [2.75, 3.05) is 5.32 Å². The minimum Gasteiger partial charge on any atom is -0.322 e. The van der Waals surface area contributed by atoms with Crippen LogP contribution in [0.5, 0.6) is 0 Å². The number of rotatable bonds is 2. The Kier molecular flexibility index (Phi) is 4.09. The largest absolute Gasteiger partial charge is 0.322 e. The third kappa shape index (κ3) is 2.79. The van der Waals surface area contributed by atoms with Crippen LogP contribution in [0.4, 0.5) is 5.69 Å². The van der Waals surface area contributed by atoms with Crippen LogP contribution >= 0.6 is 0 Å². The van der Waals surface area contributed by atoms with Crippen molar-refractivity contribution in [3.63, 3.8) is 0 Å². The fourth-order valence-electron chi connectivity index (χ4n) is 4.08. The number of nitrogens with one attached hydrogen (secondary N) is 1. The highest BCUT2D eigenvalue weighted by molar-refractivity contribution is 6.06. The summed E-state index contributed by atoms with van der Waals surface area (Å²) in [6.07, 6.45) is 5.53. The van der Waals surface area contributed by atoms with Gasteiger partial charge in [0.1, 0.15) is 5.94 Å². The first-order valence-electron chi connectivity index (χ1n) is 8.76. The van der Waals surface area contributed by atoms with Crippen molar-refractivity contribution in [2.45, 2.75) is 51.9 Å². The Labute approximate surface area is 149 Å². The number of anilines is 1. The van der Waals surface area contributed by atoms with Gasteiger partial charge in [-0.15, -0.1) is 0 Å². The Morgan fingerprint density at radius 3 is 2.40 bits per heavy atom. The molecule has 1 atom stereocenters. The molecule has 25 heavy (non-hydrogen) atoms. The summed E-state index contributed by atoms with van der Waals surface area (Å²) >= 11 is 0. The van der Waals surface area contributed by atoms with Crippen molar-refractivity contribution in [3.05, 3.63) is 58.7 Å². The van der Waals surface area contributed by atoms with Crippen molar-refractivity contribution < 1.29 is 9.59 Å². The average molecular weight is 335 g/mol. The van der Waals surface area contributed by atoms with Crippen LogP contribution < -0.4 is 5.32 Å². The van der Waals surface area contributed by atoms with Gasteiger partial charge in [0, 0.05) is 23.3 Å². The second-order valence-corrected chi connectivity index (χ2v) is 8.20. The van der Waals surface area contributed by atoms with Gasteiger partial charge in [-0.3, -0.25) is 4.79 Å². The van der Waals surface area contributed by atoms with Gasteiger partial charge >= 0.3 is 0 Å². The first-order chi connectivity index (χ1) is 11.7. The van der Waals surface area contributed by atoms with Crippen LogP contribution in [0.25, 0.3) is 0 Å². The summed E-state index contributed by atoms with van der Waals surface area (Å²) in [5, 5.41) is 2.99. The summed E-state index contributed by atoms with van der Waals surface area (Å²) in [6.45, 7) is 11.4. The van der Waals surface area contributed by atoms with E-state index in [1.807, 2.05) is 12.0 Å². The molecule has 0 spiro atoms. The van der Waals surface area contributed by atoms with Crippen molar-refractivity contribution in [2.24, 2.45) is 5.92 Å². The number of carbonyl (C=O) groups is 1. The number of hydrogen-bond donors (Lipinski definition) is 1. The number of carbonyl (C=O) groups excluding carboxylic acids is 2. The Bertz CT molecular complexity index is 849. The van der Waals surface area contributed by atoms with E-state index in [1.165, 1.54) is 11.1 Å². The van der Waals surface area contributed by atoms with Gasteiger partial charge in [-0.2, -0.15) is 0 Å². The average Bonchev–Trinajstić information content (AvgIpc) is 2.73. The van der Waals surface area contributed by atoms with Crippen molar-refractivity contribution in [1.29, 1.82) is 0 Å². The summed E-state index contributed by atoms with van der Waals surface area (Å²) in [5.74, 6) is 2.23. The molecule has 1 aromatic rings. The predicted octanol–water partition coefficient (Wildman–Crippen LogP) is 4.47. The molecule has 0 aromatic heterocycles. The van der Waals surface area contributed by atoms with Gasteiger partial charge in [0.05, 0.1) is 0 Å². The highest BCUT2D eigenvalue weighted by Gasteiger charge is 2.48. The maximum atomic E-state index is 12.5.